The second-order valence-corrected chi connectivity index (χ2v) is 1.01. The smallest absolute Gasteiger partial charge is 0.332 e. The second-order valence-electron chi connectivity index (χ2n) is 1.01. The molecule has 0 bridgehead atoms. The molecule has 3 nitrogen and oxygen atoms in total. The van der Waals surface area contributed by atoms with E-state index in [0.717, 1.165) is 0 Å². The van der Waals surface area contributed by atoms with Gasteiger partial charge in [-0.2, -0.15) is 0 Å². The van der Waals surface area contributed by atoms with Crippen molar-refractivity contribution in [2.75, 3.05) is 0 Å². The van der Waals surface area contributed by atoms with Crippen molar-refractivity contribution in [1.29, 1.82) is 0 Å². The van der Waals surface area contributed by atoms with E-state index in [9.17, 15) is 4.79 Å². The largest absolute Gasteiger partial charge is 0.479 e. The van der Waals surface area contributed by atoms with Gasteiger partial charge in [-0.1, -0.05) is 0 Å². The standard InChI is InChI=1S/C3H6O3.Pt/c1-2(4)3(5)6;/h2,4H,1H3,(H,5,6);/t2-;/m0./s1. The summed E-state index contributed by atoms with van der Waals surface area (Å²) in [7, 11) is 0. The van der Waals surface area contributed by atoms with Gasteiger partial charge in [-0.25, -0.2) is 4.79 Å². The summed E-state index contributed by atoms with van der Waals surface area (Å²) < 4.78 is 0. The SMILES string of the molecule is C[C@H](O)C(=O)O.[Pt]. The van der Waals surface area contributed by atoms with Gasteiger partial charge in [-0.15, -0.1) is 0 Å². The number of aliphatic carboxylic acids is 1. The molecule has 0 unspecified atom stereocenters. The molecular formula is C3H6O3Pt. The van der Waals surface area contributed by atoms with Crippen LogP contribution in [0, 0.1) is 0 Å². The zero-order chi connectivity index (χ0) is 5.15. The molecule has 0 amide bonds. The Kier molecular flexibility index (Phi) is 6.22. The zero-order valence-electron chi connectivity index (χ0n) is 3.70. The molecule has 0 aliphatic rings. The summed E-state index contributed by atoms with van der Waals surface area (Å²) in [5.74, 6) is -1.19. The molecule has 0 aliphatic heterocycles. The Labute approximate surface area is 55.6 Å². The maximum absolute atomic E-state index is 9.45. The Morgan fingerprint density at radius 3 is 1.86 bits per heavy atom. The fourth-order valence-electron chi connectivity index (χ4n) is 0. The molecule has 0 heterocycles. The molecule has 7 heavy (non-hydrogen) atoms. The Bertz CT molecular complexity index is 61.2. The van der Waals surface area contributed by atoms with Crippen molar-refractivity contribution in [3.63, 3.8) is 0 Å². The minimum absolute atomic E-state index is 0. The van der Waals surface area contributed by atoms with Crippen LogP contribution >= 0.6 is 0 Å². The third-order valence-corrected chi connectivity index (χ3v) is 0.357. The number of hydrogen-bond acceptors (Lipinski definition) is 2. The van der Waals surface area contributed by atoms with Crippen molar-refractivity contribution in [2.45, 2.75) is 13.0 Å². The van der Waals surface area contributed by atoms with Crippen LogP contribution in [0.2, 0.25) is 0 Å². The summed E-state index contributed by atoms with van der Waals surface area (Å²) in [6, 6.07) is 0. The molecule has 0 saturated heterocycles. The van der Waals surface area contributed by atoms with Gasteiger partial charge >= 0.3 is 5.97 Å². The fourth-order valence-corrected chi connectivity index (χ4v) is 0. The Morgan fingerprint density at radius 2 is 1.86 bits per heavy atom. The first kappa shape index (κ1) is 10.2. The zero-order valence-corrected chi connectivity index (χ0v) is 5.97. The summed E-state index contributed by atoms with van der Waals surface area (Å²) in [4.78, 5) is 9.45. The first-order chi connectivity index (χ1) is 2.64. The Hall–Kier alpha value is 0.118. The van der Waals surface area contributed by atoms with Gasteiger partial charge in [0.05, 0.1) is 0 Å². The van der Waals surface area contributed by atoms with Crippen LogP contribution in [0.5, 0.6) is 0 Å². The van der Waals surface area contributed by atoms with Gasteiger partial charge in [0.2, 0.25) is 0 Å². The molecular weight excluding hydrogens is 279 g/mol. The predicted molar refractivity (Wildman–Crippen MR) is 19.3 cm³/mol. The van der Waals surface area contributed by atoms with Crippen LogP contribution < -0.4 is 0 Å². The molecule has 0 aromatic carbocycles. The fraction of sp³-hybridized carbons (Fsp3) is 0.667. The average Bonchev–Trinajstić information content (AvgIpc) is 1.36. The molecule has 0 rings (SSSR count). The number of carbonyl (C=O) groups is 1. The summed E-state index contributed by atoms with van der Waals surface area (Å²) in [6.07, 6.45) is -1.23. The average molecular weight is 285 g/mol. The summed E-state index contributed by atoms with van der Waals surface area (Å²) in [5, 5.41) is 15.8. The van der Waals surface area contributed by atoms with E-state index in [4.69, 9.17) is 10.2 Å². The Morgan fingerprint density at radius 1 is 1.71 bits per heavy atom. The number of carboxylic acids is 1. The molecule has 4 heteroatoms. The molecule has 2 N–H and O–H groups in total. The van der Waals surface area contributed by atoms with Crippen molar-refractivity contribution in [1.82, 2.24) is 0 Å². The summed E-state index contributed by atoms with van der Waals surface area (Å²) >= 11 is 0. The molecule has 0 fully saturated rings. The van der Waals surface area contributed by atoms with Crippen LogP contribution in [0.25, 0.3) is 0 Å². The molecule has 46 valence electrons. The van der Waals surface area contributed by atoms with Gasteiger partial charge in [-0.05, 0) is 6.92 Å². The van der Waals surface area contributed by atoms with Crippen molar-refractivity contribution < 1.29 is 36.1 Å². The number of aliphatic hydroxyl groups excluding tert-OH is 1. The molecule has 0 radical (unpaired) electrons. The van der Waals surface area contributed by atoms with Crippen LogP contribution in [0.1, 0.15) is 6.92 Å². The van der Waals surface area contributed by atoms with Crippen LogP contribution in [0.4, 0.5) is 0 Å². The molecule has 0 aromatic heterocycles. The summed E-state index contributed by atoms with van der Waals surface area (Å²) in [5.41, 5.74) is 0. The maximum atomic E-state index is 9.45. The summed E-state index contributed by atoms with van der Waals surface area (Å²) in [6.45, 7) is 1.20. The third kappa shape index (κ3) is 6.12. The van der Waals surface area contributed by atoms with Crippen molar-refractivity contribution >= 4 is 5.97 Å². The van der Waals surface area contributed by atoms with Crippen molar-refractivity contribution in [3.8, 4) is 0 Å². The maximum Gasteiger partial charge on any atom is 0.332 e. The number of carboxylic acid groups (broad SMARTS) is 1. The molecule has 0 saturated carbocycles. The van der Waals surface area contributed by atoms with Crippen LogP contribution in [-0.2, 0) is 25.9 Å². The number of aliphatic hydroxyl groups is 1. The Balaban J connectivity index is 0. The third-order valence-electron chi connectivity index (χ3n) is 0.357. The molecule has 1 atom stereocenters. The number of rotatable bonds is 1. The van der Waals surface area contributed by atoms with Gasteiger partial charge in [-0.3, -0.25) is 0 Å². The normalized spacial score (nSPS) is 11.7. The van der Waals surface area contributed by atoms with Gasteiger partial charge in [0.15, 0.2) is 0 Å². The van der Waals surface area contributed by atoms with Crippen LogP contribution in [-0.4, -0.2) is 22.3 Å². The van der Waals surface area contributed by atoms with Crippen LogP contribution in [0.15, 0.2) is 0 Å². The predicted octanol–water partition coefficient (Wildman–Crippen LogP) is -0.551. The van der Waals surface area contributed by atoms with Crippen molar-refractivity contribution in [2.24, 2.45) is 0 Å². The first-order valence-electron chi connectivity index (χ1n) is 1.55. The van der Waals surface area contributed by atoms with E-state index in [-0.39, 0.29) is 21.1 Å². The van der Waals surface area contributed by atoms with Gasteiger partial charge in [0.1, 0.15) is 6.10 Å². The number of hydrogen-bond donors (Lipinski definition) is 2. The molecule has 0 aromatic rings. The quantitative estimate of drug-likeness (QED) is 0.679. The van der Waals surface area contributed by atoms with E-state index < -0.39 is 12.1 Å². The van der Waals surface area contributed by atoms with Gasteiger partial charge in [0, 0.05) is 21.1 Å². The van der Waals surface area contributed by atoms with Crippen LogP contribution in [0.3, 0.4) is 0 Å². The van der Waals surface area contributed by atoms with E-state index in [0.29, 0.717) is 0 Å². The van der Waals surface area contributed by atoms with E-state index in [1.54, 1.807) is 0 Å². The molecule has 0 spiro atoms. The van der Waals surface area contributed by atoms with E-state index in [2.05, 4.69) is 0 Å². The second kappa shape index (κ2) is 4.28. The van der Waals surface area contributed by atoms with E-state index >= 15 is 0 Å². The minimum Gasteiger partial charge on any atom is -0.479 e. The van der Waals surface area contributed by atoms with Gasteiger partial charge < -0.3 is 10.2 Å². The van der Waals surface area contributed by atoms with Crippen molar-refractivity contribution in [3.05, 3.63) is 0 Å². The molecule has 0 aliphatic carbocycles. The van der Waals surface area contributed by atoms with E-state index in [1.807, 2.05) is 0 Å². The first-order valence-corrected chi connectivity index (χ1v) is 1.55. The van der Waals surface area contributed by atoms with Gasteiger partial charge in [0.25, 0.3) is 0 Å². The monoisotopic (exact) mass is 285 g/mol. The topological polar surface area (TPSA) is 57.5 Å². The minimum atomic E-state index is -1.23. The van der Waals surface area contributed by atoms with E-state index in [1.165, 1.54) is 6.92 Å².